The van der Waals surface area contributed by atoms with E-state index in [1.807, 2.05) is 6.07 Å². The van der Waals surface area contributed by atoms with E-state index in [2.05, 4.69) is 9.88 Å². The Morgan fingerprint density at radius 3 is 3.11 bits per heavy atom. The van der Waals surface area contributed by atoms with Crippen LogP contribution >= 0.6 is 0 Å². The number of rotatable bonds is 3. The number of nitrogens with two attached hydrogens (primary N) is 1. The van der Waals surface area contributed by atoms with Crippen molar-refractivity contribution in [2.24, 2.45) is 17.1 Å². The third-order valence-corrected chi connectivity index (χ3v) is 4.68. The topological polar surface area (TPSA) is 79.2 Å². The van der Waals surface area contributed by atoms with Crippen LogP contribution in [0.2, 0.25) is 0 Å². The number of aromatic nitrogens is 1. The van der Waals surface area contributed by atoms with Gasteiger partial charge in [-0.15, -0.1) is 0 Å². The summed E-state index contributed by atoms with van der Waals surface area (Å²) in [4.78, 5) is 27.9. The molecular formula is C14H19N3O2. The van der Waals surface area contributed by atoms with Crippen LogP contribution in [0.3, 0.4) is 0 Å². The van der Waals surface area contributed by atoms with E-state index in [1.165, 1.54) is 0 Å². The van der Waals surface area contributed by atoms with Crippen LogP contribution in [0.1, 0.15) is 24.8 Å². The van der Waals surface area contributed by atoms with Gasteiger partial charge >= 0.3 is 0 Å². The quantitative estimate of drug-likeness (QED) is 0.829. The van der Waals surface area contributed by atoms with Gasteiger partial charge in [0.05, 0.1) is 5.41 Å². The molecule has 2 heterocycles. The highest BCUT2D eigenvalue weighted by Crippen LogP contribution is 2.48. The maximum atomic E-state index is 11.8. The van der Waals surface area contributed by atoms with Crippen LogP contribution in [0, 0.1) is 11.3 Å². The molecule has 0 spiro atoms. The number of hydrogen-bond acceptors (Lipinski definition) is 3. The molecule has 0 bridgehead atoms. The minimum Gasteiger partial charge on any atom is -0.369 e. The van der Waals surface area contributed by atoms with E-state index in [4.69, 9.17) is 5.73 Å². The van der Waals surface area contributed by atoms with Gasteiger partial charge in [0.1, 0.15) is 0 Å². The van der Waals surface area contributed by atoms with Gasteiger partial charge in [0, 0.05) is 31.9 Å². The van der Waals surface area contributed by atoms with Gasteiger partial charge in [0.25, 0.3) is 0 Å². The summed E-state index contributed by atoms with van der Waals surface area (Å²) in [5.74, 6) is 0.246. The number of H-pyrrole nitrogens is 1. The maximum Gasteiger partial charge on any atom is 0.248 e. The number of nitrogens with zero attached hydrogens (tertiary/aromatic N) is 1. The molecule has 2 aliphatic rings. The van der Waals surface area contributed by atoms with Crippen LogP contribution in [0.15, 0.2) is 23.1 Å². The predicted molar refractivity (Wildman–Crippen MR) is 71.3 cm³/mol. The summed E-state index contributed by atoms with van der Waals surface area (Å²) in [7, 11) is 0. The van der Waals surface area contributed by atoms with E-state index < -0.39 is 0 Å². The second-order valence-electron chi connectivity index (χ2n) is 5.84. The molecule has 1 aromatic rings. The predicted octanol–water partition coefficient (Wildman–Crippen LogP) is 0.462. The zero-order valence-corrected chi connectivity index (χ0v) is 10.9. The number of carbonyl (C=O) groups excluding carboxylic acids is 1. The molecule has 0 unspecified atom stereocenters. The van der Waals surface area contributed by atoms with Gasteiger partial charge in [-0.2, -0.15) is 0 Å². The molecule has 1 saturated heterocycles. The molecule has 0 aromatic carbocycles. The first kappa shape index (κ1) is 12.4. The molecule has 2 fully saturated rings. The third kappa shape index (κ3) is 2.08. The van der Waals surface area contributed by atoms with Gasteiger partial charge in [-0.05, 0) is 30.4 Å². The Morgan fingerprint density at radius 2 is 2.42 bits per heavy atom. The van der Waals surface area contributed by atoms with Crippen LogP contribution < -0.4 is 11.3 Å². The van der Waals surface area contributed by atoms with Crippen LogP contribution in [0.25, 0.3) is 0 Å². The number of hydrogen-bond donors (Lipinski definition) is 2. The maximum absolute atomic E-state index is 11.8. The summed E-state index contributed by atoms with van der Waals surface area (Å²) in [5, 5.41) is 0. The largest absolute Gasteiger partial charge is 0.369 e. The lowest BCUT2D eigenvalue weighted by atomic mass is 9.80. The molecule has 1 amide bonds. The zero-order valence-electron chi connectivity index (χ0n) is 10.9. The van der Waals surface area contributed by atoms with Crippen molar-refractivity contribution in [1.82, 2.24) is 9.88 Å². The third-order valence-electron chi connectivity index (χ3n) is 4.68. The lowest BCUT2D eigenvalue weighted by Gasteiger charge is -2.24. The minimum atomic E-state index is -0.318. The molecule has 3 rings (SSSR count). The Hall–Kier alpha value is -1.62. The van der Waals surface area contributed by atoms with E-state index in [0.717, 1.165) is 44.5 Å². The molecule has 3 N–H and O–H groups in total. The molecule has 2 atom stereocenters. The second kappa shape index (κ2) is 4.49. The number of fused-ring (bicyclic) bond motifs is 1. The fourth-order valence-electron chi connectivity index (χ4n) is 3.76. The fraction of sp³-hybridized carbons (Fsp3) is 0.571. The van der Waals surface area contributed by atoms with E-state index >= 15 is 0 Å². The molecule has 1 saturated carbocycles. The van der Waals surface area contributed by atoms with Crippen LogP contribution in [0.5, 0.6) is 0 Å². The Labute approximate surface area is 111 Å². The minimum absolute atomic E-state index is 0.0819. The number of carbonyl (C=O) groups is 1. The standard InChI is InChI=1S/C14H19N3O2/c15-13(19)14-4-1-2-11(14)8-17(9-14)7-10-3-5-16-12(18)6-10/h3,5-6,11H,1-2,4,7-9H2,(H2,15,19)(H,16,18)/t11-,14-/m0/s1. The van der Waals surface area contributed by atoms with E-state index in [0.29, 0.717) is 5.92 Å². The van der Waals surface area contributed by atoms with Gasteiger partial charge in [-0.1, -0.05) is 6.42 Å². The lowest BCUT2D eigenvalue weighted by Crippen LogP contribution is -2.40. The van der Waals surface area contributed by atoms with Crippen molar-refractivity contribution >= 4 is 5.91 Å². The molecule has 19 heavy (non-hydrogen) atoms. The van der Waals surface area contributed by atoms with E-state index in [-0.39, 0.29) is 16.9 Å². The fourth-order valence-corrected chi connectivity index (χ4v) is 3.76. The summed E-state index contributed by atoms with van der Waals surface area (Å²) < 4.78 is 0. The highest BCUT2D eigenvalue weighted by atomic mass is 16.1. The van der Waals surface area contributed by atoms with Crippen LogP contribution in [-0.2, 0) is 11.3 Å². The van der Waals surface area contributed by atoms with Gasteiger partial charge in [0.2, 0.25) is 11.5 Å². The number of pyridine rings is 1. The molecule has 1 aliphatic heterocycles. The first-order valence-electron chi connectivity index (χ1n) is 6.80. The normalized spacial score (nSPS) is 30.4. The highest BCUT2D eigenvalue weighted by Gasteiger charge is 2.53. The smallest absolute Gasteiger partial charge is 0.248 e. The van der Waals surface area contributed by atoms with Crippen LogP contribution in [0.4, 0.5) is 0 Å². The van der Waals surface area contributed by atoms with Crippen LogP contribution in [-0.4, -0.2) is 28.9 Å². The van der Waals surface area contributed by atoms with Gasteiger partial charge in [-0.25, -0.2) is 0 Å². The van der Waals surface area contributed by atoms with E-state index in [9.17, 15) is 9.59 Å². The Morgan fingerprint density at radius 1 is 1.58 bits per heavy atom. The van der Waals surface area contributed by atoms with E-state index in [1.54, 1.807) is 12.3 Å². The number of aromatic amines is 1. The molecule has 5 heteroatoms. The van der Waals surface area contributed by atoms with Crippen molar-refractivity contribution in [3.8, 4) is 0 Å². The zero-order chi connectivity index (χ0) is 13.5. The number of nitrogens with one attached hydrogen (secondary N) is 1. The lowest BCUT2D eigenvalue weighted by molar-refractivity contribution is -0.128. The molecule has 1 aromatic heterocycles. The highest BCUT2D eigenvalue weighted by molar-refractivity contribution is 5.82. The van der Waals surface area contributed by atoms with Crippen molar-refractivity contribution in [1.29, 1.82) is 0 Å². The average molecular weight is 261 g/mol. The Kier molecular flexibility index (Phi) is 2.93. The number of primary amides is 1. The van der Waals surface area contributed by atoms with Crippen molar-refractivity contribution in [2.75, 3.05) is 13.1 Å². The second-order valence-corrected chi connectivity index (χ2v) is 5.84. The summed E-state index contributed by atoms with van der Waals surface area (Å²) >= 11 is 0. The van der Waals surface area contributed by atoms with Crippen molar-refractivity contribution in [3.05, 3.63) is 34.2 Å². The summed E-state index contributed by atoms with van der Waals surface area (Å²) in [6.45, 7) is 2.37. The van der Waals surface area contributed by atoms with Gasteiger partial charge < -0.3 is 10.7 Å². The molecular weight excluding hydrogens is 242 g/mol. The molecule has 1 aliphatic carbocycles. The molecule has 5 nitrogen and oxygen atoms in total. The average Bonchev–Trinajstić information content (AvgIpc) is 2.86. The molecule has 0 radical (unpaired) electrons. The molecule has 102 valence electrons. The number of likely N-dealkylation sites (tertiary alicyclic amines) is 1. The summed E-state index contributed by atoms with van der Waals surface area (Å²) in [6, 6.07) is 3.53. The van der Waals surface area contributed by atoms with Gasteiger partial charge in [0.15, 0.2) is 0 Å². The Balaban J connectivity index is 1.76. The van der Waals surface area contributed by atoms with Crippen molar-refractivity contribution in [3.63, 3.8) is 0 Å². The van der Waals surface area contributed by atoms with Gasteiger partial charge in [-0.3, -0.25) is 14.5 Å². The first-order valence-corrected chi connectivity index (χ1v) is 6.80. The Bertz CT molecular complexity index is 554. The van der Waals surface area contributed by atoms with Crippen molar-refractivity contribution < 1.29 is 4.79 Å². The summed E-state index contributed by atoms with van der Waals surface area (Å²) in [6.07, 6.45) is 4.78. The van der Waals surface area contributed by atoms with Crippen molar-refractivity contribution in [2.45, 2.75) is 25.8 Å². The summed E-state index contributed by atoms with van der Waals surface area (Å²) in [5.41, 5.74) is 6.22. The number of amides is 1. The SMILES string of the molecule is NC(=O)[C@]12CCC[C@H]1CN(Cc1cc[nH]c(=O)c1)C2. The monoisotopic (exact) mass is 261 g/mol. The first-order chi connectivity index (χ1) is 9.10.